The molecule has 7 heteroatoms. The van der Waals surface area contributed by atoms with Gasteiger partial charge in [0.25, 0.3) is 5.56 Å². The van der Waals surface area contributed by atoms with Crippen molar-refractivity contribution in [2.45, 2.75) is 31.8 Å². The topological polar surface area (TPSA) is 74.8 Å². The van der Waals surface area contributed by atoms with Crippen LogP contribution in [0.5, 0.6) is 0 Å². The number of carbonyl (C=O) groups excluding carboxylic acids is 1. The van der Waals surface area contributed by atoms with Crippen molar-refractivity contribution in [3.63, 3.8) is 0 Å². The average Bonchev–Trinajstić information content (AvgIpc) is 2.49. The Balaban J connectivity index is 2.05. The number of aromatic amines is 1. The van der Waals surface area contributed by atoms with Crippen molar-refractivity contribution < 1.29 is 9.18 Å². The van der Waals surface area contributed by atoms with Crippen molar-refractivity contribution in [2.24, 2.45) is 0 Å². The summed E-state index contributed by atoms with van der Waals surface area (Å²) in [6, 6.07) is 4.22. The molecule has 0 aliphatic heterocycles. The Hall–Kier alpha value is -2.15. The Morgan fingerprint density at radius 1 is 1.39 bits per heavy atom. The van der Waals surface area contributed by atoms with E-state index < -0.39 is 5.82 Å². The molecule has 0 saturated heterocycles. The molecule has 1 aromatic heterocycles. The van der Waals surface area contributed by atoms with Gasteiger partial charge < -0.3 is 10.3 Å². The zero-order chi connectivity index (χ0) is 17.0. The standard InChI is InChI=1S/C16H18FN3O2S/c1-9-4-5-11(17)8-13(9)19-14(21)7-6-12-10(2)18-16(23-3)20-15(12)22/h4-5,8H,6-7H2,1-3H3,(H,19,21)(H,18,20,22). The molecule has 122 valence electrons. The minimum Gasteiger partial charge on any atom is -0.326 e. The Morgan fingerprint density at radius 2 is 2.13 bits per heavy atom. The summed E-state index contributed by atoms with van der Waals surface area (Å²) >= 11 is 1.35. The van der Waals surface area contributed by atoms with Crippen molar-refractivity contribution in [3.8, 4) is 0 Å². The Bertz CT molecular complexity index is 789. The van der Waals surface area contributed by atoms with Gasteiger partial charge in [-0.05, 0) is 44.2 Å². The van der Waals surface area contributed by atoms with Gasteiger partial charge in [-0.1, -0.05) is 17.8 Å². The number of nitrogens with zero attached hydrogens (tertiary/aromatic N) is 1. The maximum atomic E-state index is 13.2. The van der Waals surface area contributed by atoms with E-state index in [9.17, 15) is 14.0 Å². The van der Waals surface area contributed by atoms with E-state index in [1.165, 1.54) is 23.9 Å². The number of aryl methyl sites for hydroxylation is 2. The highest BCUT2D eigenvalue weighted by atomic mass is 32.2. The molecule has 0 unspecified atom stereocenters. The van der Waals surface area contributed by atoms with Gasteiger partial charge in [0.15, 0.2) is 5.16 Å². The van der Waals surface area contributed by atoms with E-state index in [1.807, 2.05) is 6.26 Å². The van der Waals surface area contributed by atoms with Gasteiger partial charge in [0.1, 0.15) is 5.82 Å². The third-order valence-corrected chi connectivity index (χ3v) is 4.05. The number of H-pyrrole nitrogens is 1. The molecule has 2 N–H and O–H groups in total. The summed E-state index contributed by atoms with van der Waals surface area (Å²) < 4.78 is 13.2. The number of anilines is 1. The van der Waals surface area contributed by atoms with E-state index in [-0.39, 0.29) is 24.3 Å². The van der Waals surface area contributed by atoms with Crippen LogP contribution >= 0.6 is 11.8 Å². The van der Waals surface area contributed by atoms with Gasteiger partial charge in [-0.3, -0.25) is 9.59 Å². The predicted octanol–water partition coefficient (Wildman–Crippen LogP) is 2.82. The highest BCUT2D eigenvalue weighted by molar-refractivity contribution is 7.98. The van der Waals surface area contributed by atoms with Gasteiger partial charge in [0, 0.05) is 23.4 Å². The summed E-state index contributed by atoms with van der Waals surface area (Å²) in [6.07, 6.45) is 2.23. The zero-order valence-electron chi connectivity index (χ0n) is 13.2. The van der Waals surface area contributed by atoms with Crippen LogP contribution in [0.15, 0.2) is 28.2 Å². The van der Waals surface area contributed by atoms with E-state index in [4.69, 9.17) is 0 Å². The summed E-state index contributed by atoms with van der Waals surface area (Å²) in [4.78, 5) is 31.0. The monoisotopic (exact) mass is 335 g/mol. The molecule has 0 atom stereocenters. The minimum atomic E-state index is -0.407. The molecule has 0 radical (unpaired) electrons. The molecule has 0 aliphatic rings. The maximum Gasteiger partial charge on any atom is 0.254 e. The van der Waals surface area contributed by atoms with Crippen LogP contribution in [0.4, 0.5) is 10.1 Å². The first-order chi connectivity index (χ1) is 10.9. The van der Waals surface area contributed by atoms with Gasteiger partial charge >= 0.3 is 0 Å². The highest BCUT2D eigenvalue weighted by Crippen LogP contribution is 2.16. The molecule has 23 heavy (non-hydrogen) atoms. The lowest BCUT2D eigenvalue weighted by molar-refractivity contribution is -0.116. The minimum absolute atomic E-state index is 0.125. The largest absolute Gasteiger partial charge is 0.326 e. The smallest absolute Gasteiger partial charge is 0.254 e. The SMILES string of the molecule is CSc1nc(C)c(CCC(=O)Nc2cc(F)ccc2C)c(=O)[nH]1. The third kappa shape index (κ3) is 4.41. The summed E-state index contributed by atoms with van der Waals surface area (Å²) in [7, 11) is 0. The van der Waals surface area contributed by atoms with Crippen LogP contribution in [0.25, 0.3) is 0 Å². The number of rotatable bonds is 5. The molecule has 1 amide bonds. The lowest BCUT2D eigenvalue weighted by atomic mass is 10.1. The fourth-order valence-corrected chi connectivity index (χ4v) is 2.58. The number of amides is 1. The normalized spacial score (nSPS) is 10.6. The van der Waals surface area contributed by atoms with Gasteiger partial charge in [0.05, 0.1) is 0 Å². The number of aromatic nitrogens is 2. The van der Waals surface area contributed by atoms with Crippen molar-refractivity contribution in [1.29, 1.82) is 0 Å². The molecule has 2 rings (SSSR count). The lowest BCUT2D eigenvalue weighted by Crippen LogP contribution is -2.20. The molecule has 0 aliphatic carbocycles. The van der Waals surface area contributed by atoms with Gasteiger partial charge in [-0.2, -0.15) is 0 Å². The Kier molecular flexibility index (Phi) is 5.54. The first-order valence-corrected chi connectivity index (χ1v) is 8.33. The third-order valence-electron chi connectivity index (χ3n) is 3.47. The average molecular weight is 335 g/mol. The van der Waals surface area contributed by atoms with Crippen LogP contribution in [0, 0.1) is 19.7 Å². The number of hydrogen-bond acceptors (Lipinski definition) is 4. The van der Waals surface area contributed by atoms with E-state index in [0.29, 0.717) is 22.1 Å². The molecule has 0 fully saturated rings. The first kappa shape index (κ1) is 17.2. The molecule has 0 bridgehead atoms. The second-order valence-electron chi connectivity index (χ2n) is 5.15. The lowest BCUT2D eigenvalue weighted by Gasteiger charge is -2.09. The van der Waals surface area contributed by atoms with Gasteiger partial charge in [-0.15, -0.1) is 0 Å². The van der Waals surface area contributed by atoms with Crippen LogP contribution in [0.3, 0.4) is 0 Å². The molecule has 5 nitrogen and oxygen atoms in total. The van der Waals surface area contributed by atoms with Crippen LogP contribution in [-0.2, 0) is 11.2 Å². The molecule has 0 spiro atoms. The van der Waals surface area contributed by atoms with Crippen LogP contribution in [-0.4, -0.2) is 22.1 Å². The van der Waals surface area contributed by atoms with Crippen molar-refractivity contribution in [2.75, 3.05) is 11.6 Å². The van der Waals surface area contributed by atoms with Crippen LogP contribution < -0.4 is 10.9 Å². The van der Waals surface area contributed by atoms with Crippen LogP contribution in [0.2, 0.25) is 0 Å². The fraction of sp³-hybridized carbons (Fsp3) is 0.312. The summed E-state index contributed by atoms with van der Waals surface area (Å²) in [5, 5.41) is 3.22. The van der Waals surface area contributed by atoms with Crippen molar-refractivity contribution in [1.82, 2.24) is 9.97 Å². The second-order valence-corrected chi connectivity index (χ2v) is 5.94. The van der Waals surface area contributed by atoms with E-state index in [0.717, 1.165) is 5.56 Å². The number of carbonyl (C=O) groups is 1. The number of nitrogens with one attached hydrogen (secondary N) is 2. The quantitative estimate of drug-likeness (QED) is 0.651. The summed E-state index contributed by atoms with van der Waals surface area (Å²) in [6.45, 7) is 3.54. The number of benzene rings is 1. The first-order valence-electron chi connectivity index (χ1n) is 7.10. The molecule has 1 heterocycles. The molecule has 2 aromatic rings. The van der Waals surface area contributed by atoms with Gasteiger partial charge in [0.2, 0.25) is 5.91 Å². The predicted molar refractivity (Wildman–Crippen MR) is 89.5 cm³/mol. The van der Waals surface area contributed by atoms with E-state index in [2.05, 4.69) is 15.3 Å². The highest BCUT2D eigenvalue weighted by Gasteiger charge is 2.11. The van der Waals surface area contributed by atoms with Crippen molar-refractivity contribution in [3.05, 3.63) is 51.2 Å². The summed E-state index contributed by atoms with van der Waals surface area (Å²) in [5.74, 6) is -0.679. The number of hydrogen-bond donors (Lipinski definition) is 2. The van der Waals surface area contributed by atoms with E-state index in [1.54, 1.807) is 19.9 Å². The van der Waals surface area contributed by atoms with Gasteiger partial charge in [-0.25, -0.2) is 9.37 Å². The summed E-state index contributed by atoms with van der Waals surface area (Å²) in [5.41, 5.74) is 2.11. The van der Waals surface area contributed by atoms with Crippen LogP contribution in [0.1, 0.15) is 23.2 Å². The molecular formula is C16H18FN3O2S. The zero-order valence-corrected chi connectivity index (χ0v) is 14.0. The fourth-order valence-electron chi connectivity index (χ4n) is 2.16. The molecule has 1 aromatic carbocycles. The number of thioether (sulfide) groups is 1. The van der Waals surface area contributed by atoms with E-state index >= 15 is 0 Å². The Labute approximate surface area is 137 Å². The maximum absolute atomic E-state index is 13.2. The van der Waals surface area contributed by atoms with Crippen molar-refractivity contribution >= 4 is 23.4 Å². The second kappa shape index (κ2) is 7.41. The number of halogens is 1. The molecule has 0 saturated carbocycles. The Morgan fingerprint density at radius 3 is 2.78 bits per heavy atom. The molecular weight excluding hydrogens is 317 g/mol.